The van der Waals surface area contributed by atoms with Gasteiger partial charge in [-0.15, -0.1) is 12.8 Å². The first-order chi connectivity index (χ1) is 10.7. The summed E-state index contributed by atoms with van der Waals surface area (Å²) in [6.07, 6.45) is 16.2. The first-order valence-corrected chi connectivity index (χ1v) is 6.95. The lowest BCUT2D eigenvalue weighted by molar-refractivity contribution is -0.151. The van der Waals surface area contributed by atoms with Crippen molar-refractivity contribution < 1.29 is 24.1 Å². The van der Waals surface area contributed by atoms with Crippen LogP contribution in [0.25, 0.3) is 0 Å². The lowest BCUT2D eigenvalue weighted by atomic mass is 9.79. The number of carbonyl (C=O) groups is 1. The summed E-state index contributed by atoms with van der Waals surface area (Å²) in [5.41, 5.74) is -0.476. The maximum atomic E-state index is 12.2. The van der Waals surface area contributed by atoms with Crippen LogP contribution in [0.2, 0.25) is 0 Å². The number of hydrogen-bond donors (Lipinski definition) is 1. The van der Waals surface area contributed by atoms with Crippen LogP contribution in [-0.2, 0) is 19.0 Å². The fourth-order valence-electron chi connectivity index (χ4n) is 1.85. The molecule has 0 radical (unpaired) electrons. The van der Waals surface area contributed by atoms with Crippen molar-refractivity contribution in [2.75, 3.05) is 39.6 Å². The van der Waals surface area contributed by atoms with Gasteiger partial charge in [0.2, 0.25) is 0 Å². The van der Waals surface area contributed by atoms with Gasteiger partial charge in [-0.3, -0.25) is 4.79 Å². The quantitative estimate of drug-likeness (QED) is 0.386. The normalized spacial score (nSPS) is 19.9. The fourth-order valence-corrected chi connectivity index (χ4v) is 1.85. The van der Waals surface area contributed by atoms with Crippen molar-refractivity contribution in [1.29, 1.82) is 0 Å². The summed E-state index contributed by atoms with van der Waals surface area (Å²) in [5.74, 6) is 4.47. The molecule has 0 aromatic rings. The highest BCUT2D eigenvalue weighted by molar-refractivity contribution is 5.84. The molecule has 0 aromatic heterocycles. The molecule has 5 nitrogen and oxygen atoms in total. The Balaban J connectivity index is 2.30. The number of allylic oxidation sites excluding steroid dienone is 3. The molecule has 0 bridgehead atoms. The smallest absolute Gasteiger partial charge is 0.328 e. The van der Waals surface area contributed by atoms with Crippen molar-refractivity contribution in [3.8, 4) is 24.7 Å². The molecule has 1 atom stereocenters. The van der Waals surface area contributed by atoms with E-state index in [-0.39, 0.29) is 32.8 Å². The Morgan fingerprint density at radius 2 is 1.91 bits per heavy atom. The van der Waals surface area contributed by atoms with Crippen molar-refractivity contribution >= 4 is 5.97 Å². The average Bonchev–Trinajstić information content (AvgIpc) is 2.56. The van der Waals surface area contributed by atoms with Gasteiger partial charge in [-0.1, -0.05) is 30.1 Å². The standard InChI is InChI=1S/C17H20O5/c1-3-15-6-5-7-17(4-2,14-15)16(19)22-13-12-21-11-10-20-9-8-18/h1-2,5-7,18H,8-14H2. The minimum Gasteiger partial charge on any atom is -0.462 e. The van der Waals surface area contributed by atoms with E-state index in [2.05, 4.69) is 11.8 Å². The number of esters is 1. The SMILES string of the molecule is C#CC1=CC=CC(C#C)(C(=O)OCCOCCOCCO)C1. The average molecular weight is 304 g/mol. The maximum Gasteiger partial charge on any atom is 0.328 e. The molecule has 0 aromatic carbocycles. The first kappa shape index (κ1) is 18.0. The lowest BCUT2D eigenvalue weighted by Crippen LogP contribution is -2.32. The van der Waals surface area contributed by atoms with Crippen LogP contribution < -0.4 is 0 Å². The number of aliphatic hydroxyl groups is 1. The van der Waals surface area contributed by atoms with E-state index >= 15 is 0 Å². The van der Waals surface area contributed by atoms with E-state index in [4.69, 9.17) is 32.2 Å². The van der Waals surface area contributed by atoms with Crippen molar-refractivity contribution in [3.05, 3.63) is 23.8 Å². The van der Waals surface area contributed by atoms with Gasteiger partial charge in [-0.05, 0) is 0 Å². The van der Waals surface area contributed by atoms with Crippen LogP contribution in [0, 0.1) is 30.1 Å². The molecule has 0 aliphatic heterocycles. The third-order valence-corrected chi connectivity index (χ3v) is 3.02. The summed E-state index contributed by atoms with van der Waals surface area (Å²) in [4.78, 5) is 12.2. The van der Waals surface area contributed by atoms with Crippen LogP contribution in [0.5, 0.6) is 0 Å². The zero-order chi connectivity index (χ0) is 16.3. The zero-order valence-corrected chi connectivity index (χ0v) is 12.4. The predicted octanol–water partition coefficient (Wildman–Crippen LogP) is 0.694. The molecule has 5 heteroatoms. The third kappa shape index (κ3) is 5.38. The van der Waals surface area contributed by atoms with E-state index in [1.807, 2.05) is 0 Å². The van der Waals surface area contributed by atoms with Crippen molar-refractivity contribution in [3.63, 3.8) is 0 Å². The van der Waals surface area contributed by atoms with E-state index in [0.717, 1.165) is 0 Å². The highest BCUT2D eigenvalue weighted by atomic mass is 16.6. The molecule has 0 amide bonds. The molecule has 0 saturated carbocycles. The Bertz CT molecular complexity index is 506. The van der Waals surface area contributed by atoms with E-state index in [0.29, 0.717) is 18.8 Å². The second-order valence-corrected chi connectivity index (χ2v) is 4.57. The first-order valence-electron chi connectivity index (χ1n) is 6.95. The van der Waals surface area contributed by atoms with Gasteiger partial charge >= 0.3 is 5.97 Å². The molecule has 0 spiro atoms. The summed E-state index contributed by atoms with van der Waals surface area (Å²) in [6, 6.07) is 0. The number of hydrogen-bond acceptors (Lipinski definition) is 5. The van der Waals surface area contributed by atoms with Crippen molar-refractivity contribution in [2.45, 2.75) is 6.42 Å². The van der Waals surface area contributed by atoms with E-state index < -0.39 is 11.4 Å². The van der Waals surface area contributed by atoms with Gasteiger partial charge in [0.15, 0.2) is 5.41 Å². The van der Waals surface area contributed by atoms with Gasteiger partial charge in [0, 0.05) is 12.0 Å². The van der Waals surface area contributed by atoms with Crippen LogP contribution in [0.4, 0.5) is 0 Å². The van der Waals surface area contributed by atoms with Gasteiger partial charge in [0.1, 0.15) is 6.61 Å². The van der Waals surface area contributed by atoms with Crippen LogP contribution in [0.1, 0.15) is 6.42 Å². The molecule has 1 aliphatic carbocycles. The summed E-state index contributed by atoms with van der Waals surface area (Å²) < 4.78 is 15.4. The highest BCUT2D eigenvalue weighted by Crippen LogP contribution is 2.32. The highest BCUT2D eigenvalue weighted by Gasteiger charge is 2.37. The Morgan fingerprint density at radius 1 is 1.23 bits per heavy atom. The molecule has 1 unspecified atom stereocenters. The molecule has 0 saturated heterocycles. The molecule has 0 heterocycles. The maximum absolute atomic E-state index is 12.2. The molecule has 0 fully saturated rings. The van der Waals surface area contributed by atoms with E-state index in [1.54, 1.807) is 18.2 Å². The van der Waals surface area contributed by atoms with E-state index in [9.17, 15) is 4.79 Å². The Morgan fingerprint density at radius 3 is 2.55 bits per heavy atom. The minimum absolute atomic E-state index is 0.0204. The number of aliphatic hydroxyl groups excluding tert-OH is 1. The lowest BCUT2D eigenvalue weighted by Gasteiger charge is -2.24. The monoisotopic (exact) mass is 304 g/mol. The van der Waals surface area contributed by atoms with Crippen LogP contribution in [0.15, 0.2) is 23.8 Å². The van der Waals surface area contributed by atoms with Crippen LogP contribution >= 0.6 is 0 Å². The second kappa shape index (κ2) is 9.81. The summed E-state index contributed by atoms with van der Waals surface area (Å²) >= 11 is 0. The molecule has 1 rings (SSSR count). The second-order valence-electron chi connectivity index (χ2n) is 4.57. The zero-order valence-electron chi connectivity index (χ0n) is 12.4. The van der Waals surface area contributed by atoms with Crippen LogP contribution in [0.3, 0.4) is 0 Å². The van der Waals surface area contributed by atoms with Gasteiger partial charge in [0.05, 0.1) is 33.0 Å². The van der Waals surface area contributed by atoms with Gasteiger partial charge < -0.3 is 19.3 Å². The molecule has 22 heavy (non-hydrogen) atoms. The summed E-state index contributed by atoms with van der Waals surface area (Å²) in [7, 11) is 0. The van der Waals surface area contributed by atoms with Crippen molar-refractivity contribution in [1.82, 2.24) is 0 Å². The largest absolute Gasteiger partial charge is 0.462 e. The predicted molar refractivity (Wildman–Crippen MR) is 81.6 cm³/mol. The Labute approximate surface area is 130 Å². The van der Waals surface area contributed by atoms with Crippen molar-refractivity contribution in [2.24, 2.45) is 5.41 Å². The van der Waals surface area contributed by atoms with Crippen LogP contribution in [-0.4, -0.2) is 50.7 Å². The number of ether oxygens (including phenoxy) is 3. The molecule has 1 aliphatic rings. The minimum atomic E-state index is -1.14. The Kier molecular flexibility index (Phi) is 8.03. The molecule has 1 N–H and O–H groups in total. The van der Waals surface area contributed by atoms with Gasteiger partial charge in [0.25, 0.3) is 0 Å². The van der Waals surface area contributed by atoms with Gasteiger partial charge in [-0.2, -0.15) is 0 Å². The molecular weight excluding hydrogens is 284 g/mol. The molecule has 118 valence electrons. The number of carbonyl (C=O) groups excluding carboxylic acids is 1. The summed E-state index contributed by atoms with van der Waals surface area (Å²) in [5, 5.41) is 8.51. The molecular formula is C17H20O5. The Hall–Kier alpha value is -2.05. The topological polar surface area (TPSA) is 65.0 Å². The number of terminal acetylenes is 2. The number of rotatable bonds is 9. The fraction of sp³-hybridized carbons (Fsp3) is 0.471. The summed E-state index contributed by atoms with van der Waals surface area (Å²) in [6.45, 7) is 1.35. The van der Waals surface area contributed by atoms with E-state index in [1.165, 1.54) is 0 Å². The third-order valence-electron chi connectivity index (χ3n) is 3.02. The van der Waals surface area contributed by atoms with Gasteiger partial charge in [-0.25, -0.2) is 0 Å².